The minimum atomic E-state index is -0.118. The fourth-order valence-electron chi connectivity index (χ4n) is 2.48. The van der Waals surface area contributed by atoms with E-state index in [4.69, 9.17) is 4.42 Å². The first-order valence-corrected chi connectivity index (χ1v) is 7.58. The van der Waals surface area contributed by atoms with E-state index in [-0.39, 0.29) is 5.91 Å². The second-order valence-electron chi connectivity index (χ2n) is 5.40. The van der Waals surface area contributed by atoms with E-state index in [9.17, 15) is 4.79 Å². The maximum Gasteiger partial charge on any atom is 0.254 e. The molecule has 0 fully saturated rings. The van der Waals surface area contributed by atoms with Crippen LogP contribution in [0.25, 0.3) is 10.9 Å². The maximum atomic E-state index is 12.1. The molecule has 0 aliphatic heterocycles. The molecule has 2 N–H and O–H groups in total. The van der Waals surface area contributed by atoms with Gasteiger partial charge >= 0.3 is 0 Å². The van der Waals surface area contributed by atoms with Crippen molar-refractivity contribution < 1.29 is 9.21 Å². The summed E-state index contributed by atoms with van der Waals surface area (Å²) in [6, 6.07) is 13.7. The Hall–Kier alpha value is -2.82. The van der Waals surface area contributed by atoms with Gasteiger partial charge in [0.15, 0.2) is 0 Å². The number of hydrogen-bond acceptors (Lipinski definition) is 4. The normalized spacial score (nSPS) is 10.7. The van der Waals surface area contributed by atoms with Gasteiger partial charge in [-0.1, -0.05) is 18.2 Å². The van der Waals surface area contributed by atoms with Gasteiger partial charge in [-0.25, -0.2) is 4.98 Å². The van der Waals surface area contributed by atoms with Gasteiger partial charge in [0, 0.05) is 18.5 Å². The molecule has 0 aliphatic carbocycles. The van der Waals surface area contributed by atoms with E-state index in [1.165, 1.54) is 0 Å². The first kappa shape index (κ1) is 15.1. The Morgan fingerprint density at radius 2 is 1.96 bits per heavy atom. The zero-order valence-corrected chi connectivity index (χ0v) is 13.2. The standard InChI is InChI=1S/C18H19N3O2/c1-12-11-15(13(2)23-12)18(22)20-10-9-19-17-8-7-14-5-3-4-6-16(14)21-17/h3-8,11H,9-10H2,1-2H3,(H,19,21)(H,20,22). The summed E-state index contributed by atoms with van der Waals surface area (Å²) in [6.45, 7) is 4.74. The van der Waals surface area contributed by atoms with Crippen molar-refractivity contribution in [3.05, 3.63) is 59.5 Å². The van der Waals surface area contributed by atoms with Crippen LogP contribution in [0.4, 0.5) is 5.82 Å². The van der Waals surface area contributed by atoms with Crippen molar-refractivity contribution in [3.8, 4) is 0 Å². The van der Waals surface area contributed by atoms with Crippen molar-refractivity contribution in [1.29, 1.82) is 0 Å². The van der Waals surface area contributed by atoms with Crippen LogP contribution >= 0.6 is 0 Å². The summed E-state index contributed by atoms with van der Waals surface area (Å²) in [7, 11) is 0. The number of aryl methyl sites for hydroxylation is 2. The number of nitrogens with one attached hydrogen (secondary N) is 2. The average molecular weight is 309 g/mol. The predicted molar refractivity (Wildman–Crippen MR) is 90.7 cm³/mol. The lowest BCUT2D eigenvalue weighted by Gasteiger charge is -2.08. The number of carbonyl (C=O) groups is 1. The third kappa shape index (κ3) is 3.51. The summed E-state index contributed by atoms with van der Waals surface area (Å²) in [4.78, 5) is 16.6. The number of amides is 1. The third-order valence-electron chi connectivity index (χ3n) is 3.60. The van der Waals surface area contributed by atoms with Gasteiger partial charge in [0.25, 0.3) is 5.91 Å². The van der Waals surface area contributed by atoms with E-state index in [1.54, 1.807) is 13.0 Å². The molecule has 0 unspecified atom stereocenters. The SMILES string of the molecule is Cc1cc(C(=O)NCCNc2ccc3ccccc3n2)c(C)o1. The molecule has 0 aliphatic rings. The second-order valence-corrected chi connectivity index (χ2v) is 5.40. The molecule has 5 heteroatoms. The number of hydrogen-bond donors (Lipinski definition) is 2. The zero-order valence-electron chi connectivity index (χ0n) is 13.2. The number of nitrogens with zero attached hydrogens (tertiary/aromatic N) is 1. The number of rotatable bonds is 5. The van der Waals surface area contributed by atoms with Crippen molar-refractivity contribution in [2.45, 2.75) is 13.8 Å². The van der Waals surface area contributed by atoms with Crippen molar-refractivity contribution in [2.75, 3.05) is 18.4 Å². The lowest BCUT2D eigenvalue weighted by Crippen LogP contribution is -2.29. The predicted octanol–water partition coefficient (Wildman–Crippen LogP) is 3.29. The van der Waals surface area contributed by atoms with Crippen LogP contribution in [0.2, 0.25) is 0 Å². The molecule has 0 atom stereocenters. The lowest BCUT2D eigenvalue weighted by atomic mass is 10.2. The molecular formula is C18H19N3O2. The largest absolute Gasteiger partial charge is 0.466 e. The molecule has 118 valence electrons. The summed E-state index contributed by atoms with van der Waals surface area (Å²) in [5.74, 6) is 2.07. The monoisotopic (exact) mass is 309 g/mol. The summed E-state index contributed by atoms with van der Waals surface area (Å²) >= 11 is 0. The first-order chi connectivity index (χ1) is 11.1. The van der Waals surface area contributed by atoms with E-state index >= 15 is 0 Å². The second kappa shape index (κ2) is 6.52. The van der Waals surface area contributed by atoms with Gasteiger partial charge in [0.05, 0.1) is 11.1 Å². The summed E-state index contributed by atoms with van der Waals surface area (Å²) < 4.78 is 5.37. The number of anilines is 1. The van der Waals surface area contributed by atoms with Crippen LogP contribution in [-0.4, -0.2) is 24.0 Å². The van der Waals surface area contributed by atoms with Gasteiger partial charge in [0.1, 0.15) is 17.3 Å². The molecule has 0 spiro atoms. The van der Waals surface area contributed by atoms with Crippen molar-refractivity contribution in [3.63, 3.8) is 0 Å². The van der Waals surface area contributed by atoms with Crippen LogP contribution in [0.1, 0.15) is 21.9 Å². The Labute approximate surface area is 134 Å². The molecule has 0 saturated carbocycles. The number of aromatic nitrogens is 1. The van der Waals surface area contributed by atoms with Crippen molar-refractivity contribution in [2.24, 2.45) is 0 Å². The van der Waals surface area contributed by atoms with Crippen LogP contribution in [0, 0.1) is 13.8 Å². The fourth-order valence-corrected chi connectivity index (χ4v) is 2.48. The number of pyridine rings is 1. The molecule has 0 bridgehead atoms. The Morgan fingerprint density at radius 1 is 1.13 bits per heavy atom. The molecule has 1 amide bonds. The van der Waals surface area contributed by atoms with Crippen LogP contribution in [-0.2, 0) is 0 Å². The Bertz CT molecular complexity index is 839. The molecule has 2 heterocycles. The smallest absolute Gasteiger partial charge is 0.254 e. The highest BCUT2D eigenvalue weighted by Crippen LogP contribution is 2.14. The highest BCUT2D eigenvalue weighted by Gasteiger charge is 2.12. The van der Waals surface area contributed by atoms with E-state index in [1.807, 2.05) is 43.3 Å². The minimum absolute atomic E-state index is 0.118. The highest BCUT2D eigenvalue weighted by molar-refractivity contribution is 5.95. The van der Waals surface area contributed by atoms with Gasteiger partial charge < -0.3 is 15.1 Å². The minimum Gasteiger partial charge on any atom is -0.466 e. The van der Waals surface area contributed by atoms with E-state index in [2.05, 4.69) is 15.6 Å². The van der Waals surface area contributed by atoms with Crippen LogP contribution in [0.15, 0.2) is 46.9 Å². The Balaban J connectivity index is 1.52. The quantitative estimate of drug-likeness (QED) is 0.710. The van der Waals surface area contributed by atoms with Crippen molar-refractivity contribution in [1.82, 2.24) is 10.3 Å². The number of para-hydroxylation sites is 1. The molecule has 23 heavy (non-hydrogen) atoms. The number of benzene rings is 1. The molecule has 3 aromatic rings. The molecule has 5 nitrogen and oxygen atoms in total. The summed E-state index contributed by atoms with van der Waals surface area (Å²) in [5, 5.41) is 7.19. The van der Waals surface area contributed by atoms with E-state index in [0.29, 0.717) is 24.4 Å². The number of fused-ring (bicyclic) bond motifs is 1. The van der Waals surface area contributed by atoms with Gasteiger partial charge in [-0.2, -0.15) is 0 Å². The topological polar surface area (TPSA) is 67.2 Å². The number of carbonyl (C=O) groups excluding carboxylic acids is 1. The van der Waals surface area contributed by atoms with Gasteiger partial charge in [-0.05, 0) is 38.1 Å². The lowest BCUT2D eigenvalue weighted by molar-refractivity contribution is 0.0953. The molecule has 0 saturated heterocycles. The maximum absolute atomic E-state index is 12.1. The summed E-state index contributed by atoms with van der Waals surface area (Å²) in [5.41, 5.74) is 1.54. The fraction of sp³-hybridized carbons (Fsp3) is 0.222. The molecule has 2 aromatic heterocycles. The molecule has 3 rings (SSSR count). The van der Waals surface area contributed by atoms with Crippen molar-refractivity contribution >= 4 is 22.6 Å². The van der Waals surface area contributed by atoms with Crippen LogP contribution < -0.4 is 10.6 Å². The zero-order chi connectivity index (χ0) is 16.2. The van der Waals surface area contributed by atoms with Crippen LogP contribution in [0.3, 0.4) is 0 Å². The van der Waals surface area contributed by atoms with E-state index in [0.717, 1.165) is 22.5 Å². The highest BCUT2D eigenvalue weighted by atomic mass is 16.3. The van der Waals surface area contributed by atoms with E-state index < -0.39 is 0 Å². The number of furan rings is 1. The van der Waals surface area contributed by atoms with Crippen LogP contribution in [0.5, 0.6) is 0 Å². The first-order valence-electron chi connectivity index (χ1n) is 7.58. The molecule has 0 radical (unpaired) electrons. The Morgan fingerprint density at radius 3 is 2.74 bits per heavy atom. The van der Waals surface area contributed by atoms with Gasteiger partial charge in [-0.15, -0.1) is 0 Å². The molecule has 1 aromatic carbocycles. The molecular weight excluding hydrogens is 290 g/mol. The summed E-state index contributed by atoms with van der Waals surface area (Å²) in [6.07, 6.45) is 0. The average Bonchev–Trinajstić information content (AvgIpc) is 2.90. The Kier molecular flexibility index (Phi) is 4.28. The van der Waals surface area contributed by atoms with Gasteiger partial charge in [0.2, 0.25) is 0 Å². The van der Waals surface area contributed by atoms with Gasteiger partial charge in [-0.3, -0.25) is 4.79 Å². The third-order valence-corrected chi connectivity index (χ3v) is 3.60.